The number of aliphatic hydroxyl groups is 1. The molecule has 3 unspecified atom stereocenters. The summed E-state index contributed by atoms with van der Waals surface area (Å²) in [5, 5.41) is 19.9. The summed E-state index contributed by atoms with van der Waals surface area (Å²) in [6, 6.07) is 6.88. The molecule has 3 N–H and O–H groups in total. The molecule has 148 valence electrons. The molecule has 3 heterocycles. The lowest BCUT2D eigenvalue weighted by Gasteiger charge is -2.26. The number of aromatic nitrogens is 2. The Bertz CT molecular complexity index is 1140. The minimum Gasteiger partial charge on any atom is -0.475 e. The molecule has 1 saturated carbocycles. The lowest BCUT2D eigenvalue weighted by atomic mass is 9.89. The number of anilines is 1. The molecule has 9 nitrogen and oxygen atoms in total. The van der Waals surface area contributed by atoms with Crippen LogP contribution in [0.3, 0.4) is 0 Å². The first-order valence-electron chi connectivity index (χ1n) is 9.26. The van der Waals surface area contributed by atoms with E-state index in [4.69, 9.17) is 4.42 Å². The maximum Gasteiger partial charge on any atom is 0.371 e. The van der Waals surface area contributed by atoms with Gasteiger partial charge in [-0.05, 0) is 43.2 Å². The van der Waals surface area contributed by atoms with E-state index in [-0.39, 0.29) is 23.2 Å². The number of carboxylic acids is 1. The predicted octanol–water partition coefficient (Wildman–Crippen LogP) is 1.90. The monoisotopic (exact) mass is 395 g/mol. The highest BCUT2D eigenvalue weighted by Gasteiger charge is 2.55. The van der Waals surface area contributed by atoms with Gasteiger partial charge >= 0.3 is 5.97 Å². The number of aromatic amines is 1. The molecule has 9 heteroatoms. The number of carbonyl (C=O) groups excluding carboxylic acids is 2. The van der Waals surface area contributed by atoms with Gasteiger partial charge in [0.05, 0.1) is 23.3 Å². The number of H-pyrrole nitrogens is 1. The van der Waals surface area contributed by atoms with Crippen molar-refractivity contribution in [3.05, 3.63) is 48.2 Å². The zero-order valence-electron chi connectivity index (χ0n) is 15.1. The zero-order chi connectivity index (χ0) is 20.3. The number of imidazole rings is 1. The van der Waals surface area contributed by atoms with Crippen LogP contribution in [0.4, 0.5) is 5.69 Å². The van der Waals surface area contributed by atoms with Crippen molar-refractivity contribution in [2.24, 2.45) is 11.8 Å². The van der Waals surface area contributed by atoms with Crippen LogP contribution in [0.25, 0.3) is 11.0 Å². The Morgan fingerprint density at radius 2 is 2.00 bits per heavy atom. The molecule has 2 fully saturated rings. The van der Waals surface area contributed by atoms with Crippen molar-refractivity contribution in [1.29, 1.82) is 0 Å². The maximum absolute atomic E-state index is 13.0. The number of Topliss-reactive ketones (excluding diaryl/α,β-unsaturated/α-hetero) is 1. The Balaban J connectivity index is 1.64. The van der Waals surface area contributed by atoms with Gasteiger partial charge in [0, 0.05) is 11.6 Å². The number of hydrogen-bond donors (Lipinski definition) is 3. The number of benzene rings is 1. The van der Waals surface area contributed by atoms with Crippen LogP contribution in [-0.2, 0) is 9.59 Å². The number of furan rings is 1. The van der Waals surface area contributed by atoms with E-state index in [2.05, 4.69) is 9.97 Å². The van der Waals surface area contributed by atoms with Gasteiger partial charge in [-0.25, -0.2) is 9.78 Å². The first-order valence-corrected chi connectivity index (χ1v) is 9.26. The number of aromatic carboxylic acids is 1. The summed E-state index contributed by atoms with van der Waals surface area (Å²) in [6.07, 6.45) is 1.45. The third-order valence-electron chi connectivity index (χ3n) is 5.57. The average molecular weight is 395 g/mol. The van der Waals surface area contributed by atoms with Gasteiger partial charge in [0.1, 0.15) is 23.7 Å². The summed E-state index contributed by atoms with van der Waals surface area (Å²) >= 11 is 0. The van der Waals surface area contributed by atoms with E-state index < -0.39 is 29.9 Å². The zero-order valence-corrected chi connectivity index (χ0v) is 15.1. The molecule has 3 atom stereocenters. The van der Waals surface area contributed by atoms with Crippen LogP contribution < -0.4 is 4.90 Å². The molecule has 2 aromatic heterocycles. The number of carboxylic acid groups (broad SMARTS) is 1. The van der Waals surface area contributed by atoms with Crippen LogP contribution in [0.15, 0.2) is 41.1 Å². The summed E-state index contributed by atoms with van der Waals surface area (Å²) < 4.78 is 5.45. The van der Waals surface area contributed by atoms with E-state index in [1.165, 1.54) is 23.4 Å². The van der Waals surface area contributed by atoms with Crippen molar-refractivity contribution in [2.45, 2.75) is 25.0 Å². The second-order valence-electron chi connectivity index (χ2n) is 7.41. The van der Waals surface area contributed by atoms with Crippen LogP contribution in [0.5, 0.6) is 0 Å². The largest absolute Gasteiger partial charge is 0.475 e. The van der Waals surface area contributed by atoms with Gasteiger partial charge in [-0.3, -0.25) is 14.5 Å². The third-order valence-corrected chi connectivity index (χ3v) is 5.57. The van der Waals surface area contributed by atoms with Crippen LogP contribution in [0, 0.1) is 11.8 Å². The standard InChI is InChI=1S/C20H17N3O6/c24-17(9-1-2-9)15-16(13-5-6-14(29-13)20(27)28)23(19(26)18(15)25)10-3-4-11-12(7-10)22-8-21-11/h3-9,15-16,18,25H,1-2H2,(H,21,22)(H,27,28). The summed E-state index contributed by atoms with van der Waals surface area (Å²) in [5.41, 5.74) is 1.84. The number of nitrogens with zero attached hydrogens (tertiary/aromatic N) is 2. The van der Waals surface area contributed by atoms with Gasteiger partial charge < -0.3 is 19.6 Å². The van der Waals surface area contributed by atoms with Crippen molar-refractivity contribution >= 4 is 34.4 Å². The Labute approximate surface area is 163 Å². The predicted molar refractivity (Wildman–Crippen MR) is 99.2 cm³/mol. The average Bonchev–Trinajstić information content (AvgIpc) is 3.14. The molecule has 1 aliphatic heterocycles. The molecule has 29 heavy (non-hydrogen) atoms. The van der Waals surface area contributed by atoms with Crippen LogP contribution in [0.1, 0.15) is 35.2 Å². The Morgan fingerprint density at radius 3 is 2.69 bits per heavy atom. The van der Waals surface area contributed by atoms with Gasteiger partial charge in [0.15, 0.2) is 0 Å². The summed E-state index contributed by atoms with van der Waals surface area (Å²) in [4.78, 5) is 45.6. The van der Waals surface area contributed by atoms with Gasteiger partial charge in [-0.2, -0.15) is 0 Å². The fraction of sp³-hybridized carbons (Fsp3) is 0.300. The number of amides is 1. The molecule has 1 aliphatic carbocycles. The maximum atomic E-state index is 13.0. The van der Waals surface area contributed by atoms with E-state index in [1.807, 2.05) is 0 Å². The molecular weight excluding hydrogens is 378 g/mol. The van der Waals surface area contributed by atoms with E-state index in [0.29, 0.717) is 16.7 Å². The van der Waals surface area contributed by atoms with Crippen molar-refractivity contribution in [3.8, 4) is 0 Å². The number of aliphatic hydroxyl groups excluding tert-OH is 1. The van der Waals surface area contributed by atoms with Crippen molar-refractivity contribution in [1.82, 2.24) is 9.97 Å². The van der Waals surface area contributed by atoms with Crippen LogP contribution >= 0.6 is 0 Å². The van der Waals surface area contributed by atoms with E-state index >= 15 is 0 Å². The van der Waals surface area contributed by atoms with E-state index in [0.717, 1.165) is 12.8 Å². The second kappa shape index (κ2) is 6.28. The van der Waals surface area contributed by atoms with Crippen LogP contribution in [0.2, 0.25) is 0 Å². The van der Waals surface area contributed by atoms with Gasteiger partial charge in [0.25, 0.3) is 5.91 Å². The number of hydrogen-bond acceptors (Lipinski definition) is 6. The fourth-order valence-electron chi connectivity index (χ4n) is 4.01. The molecule has 0 spiro atoms. The minimum atomic E-state index is -1.52. The number of nitrogens with one attached hydrogen (secondary N) is 1. The van der Waals surface area contributed by atoms with Gasteiger partial charge in [-0.1, -0.05) is 0 Å². The first-order chi connectivity index (χ1) is 14.0. The molecule has 1 saturated heterocycles. The normalized spacial score (nSPS) is 24.4. The van der Waals surface area contributed by atoms with Gasteiger partial charge in [-0.15, -0.1) is 0 Å². The topological polar surface area (TPSA) is 137 Å². The first kappa shape index (κ1) is 17.6. The van der Waals surface area contributed by atoms with E-state index in [1.54, 1.807) is 18.2 Å². The van der Waals surface area contributed by atoms with E-state index in [9.17, 15) is 24.6 Å². The molecule has 2 aliphatic rings. The summed E-state index contributed by atoms with van der Waals surface area (Å²) in [5.74, 6) is -3.44. The van der Waals surface area contributed by atoms with Crippen LogP contribution in [-0.4, -0.2) is 43.9 Å². The molecular formula is C20H17N3O6. The molecule has 5 rings (SSSR count). The molecule has 0 radical (unpaired) electrons. The smallest absolute Gasteiger partial charge is 0.371 e. The number of carbonyl (C=O) groups is 3. The quantitative estimate of drug-likeness (QED) is 0.600. The Morgan fingerprint density at radius 1 is 1.21 bits per heavy atom. The number of ketones is 1. The SMILES string of the molecule is O=C(O)c1ccc(C2C(C(=O)C3CC3)C(O)C(=O)N2c2ccc3nc[nH]c3c2)o1. The molecule has 0 bridgehead atoms. The Kier molecular flexibility index (Phi) is 3.82. The highest BCUT2D eigenvalue weighted by Crippen LogP contribution is 2.46. The lowest BCUT2D eigenvalue weighted by molar-refractivity contribution is -0.133. The van der Waals surface area contributed by atoms with Gasteiger partial charge in [0.2, 0.25) is 5.76 Å². The molecule has 1 amide bonds. The highest BCUT2D eigenvalue weighted by molar-refractivity contribution is 6.06. The summed E-state index contributed by atoms with van der Waals surface area (Å²) in [7, 11) is 0. The highest BCUT2D eigenvalue weighted by atomic mass is 16.4. The summed E-state index contributed by atoms with van der Waals surface area (Å²) in [6.45, 7) is 0. The number of fused-ring (bicyclic) bond motifs is 1. The van der Waals surface area contributed by atoms with Crippen molar-refractivity contribution in [2.75, 3.05) is 4.90 Å². The lowest BCUT2D eigenvalue weighted by Crippen LogP contribution is -2.31. The molecule has 1 aromatic carbocycles. The Hall–Kier alpha value is -3.46. The second-order valence-corrected chi connectivity index (χ2v) is 7.41. The fourth-order valence-corrected chi connectivity index (χ4v) is 4.01. The minimum absolute atomic E-state index is 0.149. The number of rotatable bonds is 5. The van der Waals surface area contributed by atoms with Crippen molar-refractivity contribution in [3.63, 3.8) is 0 Å². The third kappa shape index (κ3) is 2.73. The van der Waals surface area contributed by atoms with Crippen molar-refractivity contribution < 1.29 is 29.0 Å². The molecule has 3 aromatic rings.